The summed E-state index contributed by atoms with van der Waals surface area (Å²) >= 11 is 7.08. The van der Waals surface area contributed by atoms with Crippen LogP contribution >= 0.6 is 31.9 Å². The summed E-state index contributed by atoms with van der Waals surface area (Å²) in [6.45, 7) is 2.49. The molecule has 6 heteroatoms. The second-order valence-corrected chi connectivity index (χ2v) is 5.88. The Hall–Kier alpha value is -1.53. The van der Waals surface area contributed by atoms with Gasteiger partial charge in [0.15, 0.2) is 11.5 Å². The van der Waals surface area contributed by atoms with Crippen LogP contribution in [-0.2, 0) is 0 Å². The highest BCUT2D eigenvalue weighted by Gasteiger charge is 2.15. The smallest absolute Gasteiger partial charge is 0.176 e. The van der Waals surface area contributed by atoms with E-state index >= 15 is 0 Å². The van der Waals surface area contributed by atoms with Gasteiger partial charge in [0.2, 0.25) is 0 Å². The van der Waals surface area contributed by atoms with Crippen LogP contribution in [0.1, 0.15) is 12.5 Å². The van der Waals surface area contributed by atoms with E-state index in [0.29, 0.717) is 18.1 Å². The molecule has 0 radical (unpaired) electrons. The lowest BCUT2D eigenvalue weighted by Gasteiger charge is -2.14. The zero-order valence-corrected chi connectivity index (χ0v) is 15.4. The molecule has 2 aromatic carbocycles. The van der Waals surface area contributed by atoms with Gasteiger partial charge in [0, 0.05) is 10.0 Å². The van der Waals surface area contributed by atoms with Crippen molar-refractivity contribution >= 4 is 43.8 Å². The predicted molar refractivity (Wildman–Crippen MR) is 97.2 cm³/mol. The maximum absolute atomic E-state index is 5.61. The number of nitrogens with one attached hydrogen (secondary N) is 1. The lowest BCUT2D eigenvalue weighted by molar-refractivity contribution is 0.308. The van der Waals surface area contributed by atoms with Gasteiger partial charge in [-0.25, -0.2) is 0 Å². The number of ether oxygens (including phenoxy) is 2. The first-order valence-electron chi connectivity index (χ1n) is 6.70. The average Bonchev–Trinajstić information content (AvgIpc) is 2.55. The Labute approximate surface area is 146 Å². The van der Waals surface area contributed by atoms with Gasteiger partial charge < -0.3 is 9.47 Å². The fraction of sp³-hybridized carbons (Fsp3) is 0.188. The first-order valence-corrected chi connectivity index (χ1v) is 8.28. The Bertz CT molecular complexity index is 661. The van der Waals surface area contributed by atoms with Crippen molar-refractivity contribution in [1.29, 1.82) is 0 Å². The minimum atomic E-state index is 0.560. The standard InChI is InChI=1S/C16H16Br2N2O2/c1-3-22-16-13(21-2)9-11(14(17)15(16)18)10-19-20-12-7-5-4-6-8-12/h4-10,20H,3H2,1-2H3. The van der Waals surface area contributed by atoms with Crippen molar-refractivity contribution in [1.82, 2.24) is 0 Å². The van der Waals surface area contributed by atoms with E-state index in [-0.39, 0.29) is 0 Å². The number of benzene rings is 2. The summed E-state index contributed by atoms with van der Waals surface area (Å²) in [4.78, 5) is 0. The lowest BCUT2D eigenvalue weighted by atomic mass is 10.2. The number of hydrogen-bond acceptors (Lipinski definition) is 4. The number of para-hydroxylation sites is 1. The van der Waals surface area contributed by atoms with Crippen LogP contribution < -0.4 is 14.9 Å². The third kappa shape index (κ3) is 4.01. The fourth-order valence-electron chi connectivity index (χ4n) is 1.82. The summed E-state index contributed by atoms with van der Waals surface area (Å²) in [7, 11) is 1.61. The molecule has 0 saturated heterocycles. The monoisotopic (exact) mass is 426 g/mol. The molecule has 4 nitrogen and oxygen atoms in total. The van der Waals surface area contributed by atoms with Crippen molar-refractivity contribution in [2.75, 3.05) is 19.1 Å². The number of hydrazone groups is 1. The Morgan fingerprint density at radius 3 is 2.55 bits per heavy atom. The van der Waals surface area contributed by atoms with Gasteiger partial charge in [-0.05, 0) is 57.0 Å². The minimum absolute atomic E-state index is 0.560. The van der Waals surface area contributed by atoms with Crippen LogP contribution in [0.25, 0.3) is 0 Å². The Kier molecular flexibility index (Phi) is 6.27. The van der Waals surface area contributed by atoms with E-state index in [1.54, 1.807) is 13.3 Å². The van der Waals surface area contributed by atoms with Crippen molar-refractivity contribution in [3.63, 3.8) is 0 Å². The highest BCUT2D eigenvalue weighted by atomic mass is 79.9. The molecule has 0 fully saturated rings. The van der Waals surface area contributed by atoms with Crippen LogP contribution in [0.3, 0.4) is 0 Å². The molecule has 0 spiro atoms. The number of hydrogen-bond donors (Lipinski definition) is 1. The molecule has 116 valence electrons. The normalized spacial score (nSPS) is 10.7. The number of anilines is 1. The maximum atomic E-state index is 5.61. The molecule has 2 rings (SSSR count). The van der Waals surface area contributed by atoms with E-state index in [1.807, 2.05) is 43.3 Å². The number of halogens is 2. The Balaban J connectivity index is 2.25. The second-order valence-electron chi connectivity index (χ2n) is 4.29. The molecule has 0 aliphatic rings. The van der Waals surface area contributed by atoms with Gasteiger partial charge in [-0.1, -0.05) is 18.2 Å². The molecule has 2 aromatic rings. The highest BCUT2D eigenvalue weighted by Crippen LogP contribution is 2.42. The molecular weight excluding hydrogens is 412 g/mol. The largest absolute Gasteiger partial charge is 0.493 e. The fourth-order valence-corrected chi connectivity index (χ4v) is 2.75. The molecule has 0 aromatic heterocycles. The second kappa shape index (κ2) is 8.19. The topological polar surface area (TPSA) is 42.9 Å². The molecule has 0 amide bonds. The van der Waals surface area contributed by atoms with Crippen LogP contribution in [0.15, 0.2) is 50.4 Å². The van der Waals surface area contributed by atoms with Crippen molar-refractivity contribution in [3.05, 3.63) is 50.9 Å². The molecular formula is C16H16Br2N2O2. The van der Waals surface area contributed by atoms with Gasteiger partial charge >= 0.3 is 0 Å². The Morgan fingerprint density at radius 2 is 1.91 bits per heavy atom. The zero-order chi connectivity index (χ0) is 15.9. The maximum Gasteiger partial charge on any atom is 0.176 e. The van der Waals surface area contributed by atoms with E-state index in [0.717, 1.165) is 20.2 Å². The quantitative estimate of drug-likeness (QED) is 0.517. The van der Waals surface area contributed by atoms with E-state index in [2.05, 4.69) is 42.4 Å². The zero-order valence-electron chi connectivity index (χ0n) is 12.3. The summed E-state index contributed by atoms with van der Waals surface area (Å²) in [5, 5.41) is 4.24. The van der Waals surface area contributed by atoms with E-state index < -0.39 is 0 Å². The summed E-state index contributed by atoms with van der Waals surface area (Å²) in [6.07, 6.45) is 1.72. The van der Waals surface area contributed by atoms with Crippen LogP contribution in [0.2, 0.25) is 0 Å². The minimum Gasteiger partial charge on any atom is -0.493 e. The van der Waals surface area contributed by atoms with Crippen molar-refractivity contribution in [2.24, 2.45) is 5.10 Å². The number of methoxy groups -OCH3 is 1. The molecule has 0 bridgehead atoms. The molecule has 0 heterocycles. The van der Waals surface area contributed by atoms with E-state index in [9.17, 15) is 0 Å². The number of nitrogens with zero attached hydrogens (tertiary/aromatic N) is 1. The van der Waals surface area contributed by atoms with E-state index in [1.165, 1.54) is 0 Å². The molecule has 0 unspecified atom stereocenters. The molecule has 1 N–H and O–H groups in total. The Morgan fingerprint density at radius 1 is 1.18 bits per heavy atom. The van der Waals surface area contributed by atoms with Gasteiger partial charge in [0.25, 0.3) is 0 Å². The molecule has 22 heavy (non-hydrogen) atoms. The van der Waals surface area contributed by atoms with Crippen molar-refractivity contribution in [3.8, 4) is 11.5 Å². The molecule has 0 saturated carbocycles. The van der Waals surface area contributed by atoms with Gasteiger partial charge in [-0.3, -0.25) is 5.43 Å². The number of rotatable bonds is 6. The molecule has 0 atom stereocenters. The first-order chi connectivity index (χ1) is 10.7. The third-order valence-electron chi connectivity index (χ3n) is 2.84. The van der Waals surface area contributed by atoms with Crippen LogP contribution in [0.5, 0.6) is 11.5 Å². The molecule has 0 aliphatic carbocycles. The van der Waals surface area contributed by atoms with Gasteiger partial charge in [-0.15, -0.1) is 0 Å². The van der Waals surface area contributed by atoms with Gasteiger partial charge in [0.1, 0.15) is 0 Å². The van der Waals surface area contributed by atoms with Crippen LogP contribution in [0, 0.1) is 0 Å². The van der Waals surface area contributed by atoms with Gasteiger partial charge in [-0.2, -0.15) is 5.10 Å². The molecule has 0 aliphatic heterocycles. The predicted octanol–water partition coefficient (Wildman–Crippen LogP) is 5.06. The lowest BCUT2D eigenvalue weighted by Crippen LogP contribution is -1.99. The average molecular weight is 428 g/mol. The first kappa shape index (κ1) is 16.8. The van der Waals surface area contributed by atoms with Crippen LogP contribution in [-0.4, -0.2) is 19.9 Å². The van der Waals surface area contributed by atoms with Crippen molar-refractivity contribution in [2.45, 2.75) is 6.92 Å². The van der Waals surface area contributed by atoms with Crippen LogP contribution in [0.4, 0.5) is 5.69 Å². The van der Waals surface area contributed by atoms with Gasteiger partial charge in [0.05, 0.1) is 30.1 Å². The summed E-state index contributed by atoms with van der Waals surface area (Å²) < 4.78 is 12.6. The highest BCUT2D eigenvalue weighted by molar-refractivity contribution is 9.13. The summed E-state index contributed by atoms with van der Waals surface area (Å²) in [5.74, 6) is 1.32. The summed E-state index contributed by atoms with van der Waals surface area (Å²) in [5.41, 5.74) is 4.77. The third-order valence-corrected chi connectivity index (χ3v) is 4.98. The van der Waals surface area contributed by atoms with Crippen molar-refractivity contribution < 1.29 is 9.47 Å². The summed E-state index contributed by atoms with van der Waals surface area (Å²) in [6, 6.07) is 11.6. The van der Waals surface area contributed by atoms with E-state index in [4.69, 9.17) is 9.47 Å². The SMILES string of the molecule is CCOc1c(OC)cc(C=NNc2ccccc2)c(Br)c1Br.